The van der Waals surface area contributed by atoms with Gasteiger partial charge in [0.05, 0.1) is 0 Å². The number of amides is 1. The average molecular weight is 353 g/mol. The average Bonchev–Trinajstić information content (AvgIpc) is 2.57. The van der Waals surface area contributed by atoms with Gasteiger partial charge in [-0.2, -0.15) is 0 Å². The maximum atomic E-state index is 11.9. The quantitative estimate of drug-likeness (QED) is 0.725. The van der Waals surface area contributed by atoms with Crippen molar-refractivity contribution in [2.45, 2.75) is 12.8 Å². The monoisotopic (exact) mass is 352 g/mol. The molecule has 6 heteroatoms. The lowest BCUT2D eigenvalue weighted by atomic mass is 10.2. The van der Waals surface area contributed by atoms with Crippen molar-refractivity contribution in [1.29, 1.82) is 0 Å². The smallest absolute Gasteiger partial charge is 0.221 e. The van der Waals surface area contributed by atoms with E-state index in [1.165, 1.54) is 5.69 Å². The van der Waals surface area contributed by atoms with E-state index in [1.54, 1.807) is 0 Å². The van der Waals surface area contributed by atoms with Gasteiger partial charge in [0, 0.05) is 56.4 Å². The summed E-state index contributed by atoms with van der Waals surface area (Å²) >= 11 is 6.06. The third kappa shape index (κ3) is 6.67. The molecule has 1 N–H and O–H groups in total. The molecule has 0 aromatic heterocycles. The molecule has 5 nitrogen and oxygen atoms in total. The van der Waals surface area contributed by atoms with Gasteiger partial charge < -0.3 is 15.1 Å². The SMILES string of the molecule is CN(C)CCCNC(=O)CCN1CCN(c2cccc(Cl)c2)CC1. The fourth-order valence-electron chi connectivity index (χ4n) is 2.87. The van der Waals surface area contributed by atoms with Crippen molar-refractivity contribution in [3.63, 3.8) is 0 Å². The topological polar surface area (TPSA) is 38.8 Å². The molecule has 1 aliphatic rings. The fourth-order valence-corrected chi connectivity index (χ4v) is 3.06. The summed E-state index contributed by atoms with van der Waals surface area (Å²) in [6.45, 7) is 6.53. The van der Waals surface area contributed by atoms with Crippen LogP contribution >= 0.6 is 11.6 Å². The van der Waals surface area contributed by atoms with Crippen molar-refractivity contribution in [1.82, 2.24) is 15.1 Å². The highest BCUT2D eigenvalue weighted by Crippen LogP contribution is 2.20. The van der Waals surface area contributed by atoms with Gasteiger partial charge in [0.1, 0.15) is 0 Å². The van der Waals surface area contributed by atoms with Crippen molar-refractivity contribution < 1.29 is 4.79 Å². The van der Waals surface area contributed by atoms with E-state index < -0.39 is 0 Å². The standard InChI is InChI=1S/C18H29ClN4O/c1-21(2)9-4-8-20-18(24)7-10-22-11-13-23(14-12-22)17-6-3-5-16(19)15-17/h3,5-6,15H,4,7-14H2,1-2H3,(H,20,24). The Morgan fingerprint density at radius 3 is 2.67 bits per heavy atom. The predicted octanol–water partition coefficient (Wildman–Crippen LogP) is 1.92. The molecule has 1 aromatic carbocycles. The molecule has 1 fully saturated rings. The van der Waals surface area contributed by atoms with Crippen LogP contribution in [0.5, 0.6) is 0 Å². The first-order chi connectivity index (χ1) is 11.5. The van der Waals surface area contributed by atoms with Crippen LogP contribution in [0.25, 0.3) is 0 Å². The Balaban J connectivity index is 1.62. The molecule has 2 rings (SSSR count). The number of hydrogen-bond donors (Lipinski definition) is 1. The lowest BCUT2D eigenvalue weighted by Gasteiger charge is -2.36. The minimum Gasteiger partial charge on any atom is -0.369 e. The van der Waals surface area contributed by atoms with Crippen molar-refractivity contribution in [3.05, 3.63) is 29.3 Å². The summed E-state index contributed by atoms with van der Waals surface area (Å²) in [6.07, 6.45) is 1.58. The van der Waals surface area contributed by atoms with Crippen LogP contribution in [0.4, 0.5) is 5.69 Å². The van der Waals surface area contributed by atoms with Crippen molar-refractivity contribution in [3.8, 4) is 0 Å². The van der Waals surface area contributed by atoms with Crippen LogP contribution in [-0.2, 0) is 4.79 Å². The van der Waals surface area contributed by atoms with E-state index in [1.807, 2.05) is 32.3 Å². The molecule has 1 aliphatic heterocycles. The third-order valence-corrected chi connectivity index (χ3v) is 4.54. The van der Waals surface area contributed by atoms with Gasteiger partial charge in [-0.05, 0) is 45.3 Å². The van der Waals surface area contributed by atoms with E-state index in [9.17, 15) is 4.79 Å². The number of nitrogens with one attached hydrogen (secondary N) is 1. The number of hydrogen-bond acceptors (Lipinski definition) is 4. The second kappa shape index (κ2) is 9.87. The molecule has 0 atom stereocenters. The van der Waals surface area contributed by atoms with Crippen LogP contribution < -0.4 is 10.2 Å². The van der Waals surface area contributed by atoms with Gasteiger partial charge in [-0.25, -0.2) is 0 Å². The zero-order valence-corrected chi connectivity index (χ0v) is 15.6. The Labute approximate surface area is 150 Å². The first-order valence-corrected chi connectivity index (χ1v) is 9.06. The van der Waals surface area contributed by atoms with Gasteiger partial charge in [0.15, 0.2) is 0 Å². The molecular weight excluding hydrogens is 324 g/mol. The van der Waals surface area contributed by atoms with Crippen molar-refractivity contribution in [2.24, 2.45) is 0 Å². The first kappa shape index (κ1) is 19.0. The maximum absolute atomic E-state index is 11.9. The summed E-state index contributed by atoms with van der Waals surface area (Å²) in [4.78, 5) is 18.7. The number of halogens is 1. The molecule has 0 saturated carbocycles. The number of anilines is 1. The molecule has 1 saturated heterocycles. The Kier molecular flexibility index (Phi) is 7.82. The van der Waals surface area contributed by atoms with Crippen LogP contribution in [0.15, 0.2) is 24.3 Å². The van der Waals surface area contributed by atoms with Gasteiger partial charge >= 0.3 is 0 Å². The summed E-state index contributed by atoms with van der Waals surface area (Å²) in [5.41, 5.74) is 1.18. The summed E-state index contributed by atoms with van der Waals surface area (Å²) in [5, 5.41) is 3.78. The number of rotatable bonds is 8. The molecule has 0 radical (unpaired) electrons. The fraction of sp³-hybridized carbons (Fsp3) is 0.611. The molecule has 1 aromatic rings. The highest BCUT2D eigenvalue weighted by Gasteiger charge is 2.17. The summed E-state index contributed by atoms with van der Waals surface area (Å²) < 4.78 is 0. The molecule has 0 aliphatic carbocycles. The number of carbonyl (C=O) groups is 1. The van der Waals surface area contributed by atoms with E-state index in [2.05, 4.69) is 26.1 Å². The highest BCUT2D eigenvalue weighted by atomic mass is 35.5. The molecule has 0 unspecified atom stereocenters. The molecule has 24 heavy (non-hydrogen) atoms. The lowest BCUT2D eigenvalue weighted by Crippen LogP contribution is -2.47. The lowest BCUT2D eigenvalue weighted by molar-refractivity contribution is -0.121. The summed E-state index contributed by atoms with van der Waals surface area (Å²) in [5.74, 6) is 0.158. The minimum absolute atomic E-state index is 0.158. The second-order valence-electron chi connectivity index (χ2n) is 6.57. The number of piperazine rings is 1. The molecule has 0 spiro atoms. The van der Waals surface area contributed by atoms with E-state index in [0.717, 1.165) is 57.3 Å². The van der Waals surface area contributed by atoms with E-state index in [0.29, 0.717) is 6.42 Å². The van der Waals surface area contributed by atoms with E-state index in [4.69, 9.17) is 11.6 Å². The minimum atomic E-state index is 0.158. The Morgan fingerprint density at radius 2 is 2.00 bits per heavy atom. The Bertz CT molecular complexity index is 515. The molecular formula is C18H29ClN4O. The highest BCUT2D eigenvalue weighted by molar-refractivity contribution is 6.30. The third-order valence-electron chi connectivity index (χ3n) is 4.31. The van der Waals surface area contributed by atoms with Crippen LogP contribution in [0.1, 0.15) is 12.8 Å². The van der Waals surface area contributed by atoms with Gasteiger partial charge in [-0.3, -0.25) is 9.69 Å². The summed E-state index contributed by atoms with van der Waals surface area (Å²) in [6, 6.07) is 8.00. The molecule has 0 bridgehead atoms. The van der Waals surface area contributed by atoms with Gasteiger partial charge in [0.25, 0.3) is 0 Å². The zero-order valence-electron chi connectivity index (χ0n) is 14.8. The molecule has 134 valence electrons. The van der Waals surface area contributed by atoms with Crippen LogP contribution in [0.2, 0.25) is 5.02 Å². The Morgan fingerprint density at radius 1 is 1.25 bits per heavy atom. The second-order valence-corrected chi connectivity index (χ2v) is 7.00. The van der Waals surface area contributed by atoms with Gasteiger partial charge in [0.2, 0.25) is 5.91 Å². The maximum Gasteiger partial charge on any atom is 0.221 e. The number of carbonyl (C=O) groups excluding carboxylic acids is 1. The van der Waals surface area contributed by atoms with Gasteiger partial charge in [-0.15, -0.1) is 0 Å². The largest absolute Gasteiger partial charge is 0.369 e. The van der Waals surface area contributed by atoms with Crippen molar-refractivity contribution >= 4 is 23.2 Å². The predicted molar refractivity (Wildman–Crippen MR) is 101 cm³/mol. The summed E-state index contributed by atoms with van der Waals surface area (Å²) in [7, 11) is 4.09. The molecule has 1 amide bonds. The van der Waals surface area contributed by atoms with Crippen molar-refractivity contribution in [2.75, 3.05) is 64.8 Å². The van der Waals surface area contributed by atoms with Crippen LogP contribution in [-0.4, -0.2) is 75.6 Å². The number of benzene rings is 1. The zero-order chi connectivity index (χ0) is 17.4. The van der Waals surface area contributed by atoms with E-state index in [-0.39, 0.29) is 5.91 Å². The van der Waals surface area contributed by atoms with Crippen LogP contribution in [0, 0.1) is 0 Å². The van der Waals surface area contributed by atoms with Gasteiger partial charge in [-0.1, -0.05) is 17.7 Å². The van der Waals surface area contributed by atoms with E-state index >= 15 is 0 Å². The normalized spacial score (nSPS) is 15.8. The van der Waals surface area contributed by atoms with Crippen LogP contribution in [0.3, 0.4) is 0 Å². The Hall–Kier alpha value is -1.30. The first-order valence-electron chi connectivity index (χ1n) is 8.69. The molecule has 1 heterocycles. The number of nitrogens with zero attached hydrogens (tertiary/aromatic N) is 3.